The molecule has 0 aliphatic carbocycles. The Labute approximate surface area is 148 Å². The van der Waals surface area contributed by atoms with Crippen molar-refractivity contribution in [3.8, 4) is 0 Å². The Morgan fingerprint density at radius 2 is 1.96 bits per heavy atom. The quantitative estimate of drug-likeness (QED) is 0.869. The topological polar surface area (TPSA) is 59.4 Å². The van der Waals surface area contributed by atoms with Crippen molar-refractivity contribution in [3.05, 3.63) is 53.9 Å². The molecule has 2 heterocycles. The average molecular weight is 342 g/mol. The zero-order valence-electron chi connectivity index (χ0n) is 14.9. The van der Waals surface area contributed by atoms with E-state index in [0.717, 1.165) is 31.9 Å². The predicted molar refractivity (Wildman–Crippen MR) is 96.6 cm³/mol. The number of hydrogen-bond acceptors (Lipinski definition) is 4. The number of ether oxygens (including phenoxy) is 1. The number of amides is 1. The summed E-state index contributed by atoms with van der Waals surface area (Å²) in [6, 6.07) is 10.1. The minimum absolute atomic E-state index is 0.0827. The summed E-state index contributed by atoms with van der Waals surface area (Å²) in [6.45, 7) is 8.86. The maximum absolute atomic E-state index is 12.4. The van der Waals surface area contributed by atoms with E-state index in [4.69, 9.17) is 4.74 Å². The zero-order valence-corrected chi connectivity index (χ0v) is 14.9. The lowest BCUT2D eigenvalue weighted by atomic mass is 10.0. The normalized spacial score (nSPS) is 15.9. The van der Waals surface area contributed by atoms with E-state index < -0.39 is 0 Å². The van der Waals surface area contributed by atoms with Gasteiger partial charge < -0.3 is 10.1 Å². The molecule has 1 fully saturated rings. The van der Waals surface area contributed by atoms with Gasteiger partial charge in [-0.25, -0.2) is 0 Å². The summed E-state index contributed by atoms with van der Waals surface area (Å²) in [6.07, 6.45) is 3.42. The second-order valence-corrected chi connectivity index (χ2v) is 7.01. The molecule has 1 N–H and O–H groups in total. The van der Waals surface area contributed by atoms with Gasteiger partial charge in [-0.3, -0.25) is 14.4 Å². The monoisotopic (exact) mass is 342 g/mol. The fourth-order valence-corrected chi connectivity index (χ4v) is 3.02. The van der Waals surface area contributed by atoms with Crippen LogP contribution < -0.4 is 5.32 Å². The molecule has 0 atom stereocenters. The summed E-state index contributed by atoms with van der Waals surface area (Å²) in [5.41, 5.74) is 1.65. The van der Waals surface area contributed by atoms with Crippen LogP contribution in [0.3, 0.4) is 0 Å². The summed E-state index contributed by atoms with van der Waals surface area (Å²) >= 11 is 0. The van der Waals surface area contributed by atoms with Crippen molar-refractivity contribution >= 4 is 5.91 Å². The molecule has 1 amide bonds. The summed E-state index contributed by atoms with van der Waals surface area (Å²) in [5.74, 6) is -0.0827. The molecule has 25 heavy (non-hydrogen) atoms. The van der Waals surface area contributed by atoms with E-state index in [9.17, 15) is 4.79 Å². The van der Waals surface area contributed by atoms with Gasteiger partial charge in [0.1, 0.15) is 0 Å². The van der Waals surface area contributed by atoms with Gasteiger partial charge in [-0.1, -0.05) is 30.3 Å². The van der Waals surface area contributed by atoms with Gasteiger partial charge >= 0.3 is 0 Å². The zero-order chi connectivity index (χ0) is 17.7. The van der Waals surface area contributed by atoms with Gasteiger partial charge in [-0.15, -0.1) is 0 Å². The van der Waals surface area contributed by atoms with E-state index in [-0.39, 0.29) is 11.4 Å². The molecule has 1 aromatic heterocycles. The minimum Gasteiger partial charge on any atom is -0.379 e. The molecule has 0 saturated carbocycles. The third kappa shape index (κ3) is 4.67. The SMILES string of the molecule is CC(C)(CNC(=O)c1cnn(Cc2ccccc2)c1)N1CCOCC1. The Morgan fingerprint density at radius 1 is 1.24 bits per heavy atom. The van der Waals surface area contributed by atoms with Gasteiger partial charge in [-0.2, -0.15) is 5.10 Å². The Balaban J connectivity index is 1.54. The largest absolute Gasteiger partial charge is 0.379 e. The van der Waals surface area contributed by atoms with Gasteiger partial charge in [0.05, 0.1) is 31.5 Å². The molecule has 1 saturated heterocycles. The molecular weight excluding hydrogens is 316 g/mol. The van der Waals surface area contributed by atoms with Crippen LogP contribution >= 0.6 is 0 Å². The van der Waals surface area contributed by atoms with Gasteiger partial charge in [0, 0.05) is 31.4 Å². The minimum atomic E-state index is -0.0977. The van der Waals surface area contributed by atoms with Crippen molar-refractivity contribution in [2.45, 2.75) is 25.9 Å². The van der Waals surface area contributed by atoms with Gasteiger partial charge in [0.25, 0.3) is 5.91 Å². The van der Waals surface area contributed by atoms with E-state index in [1.165, 1.54) is 0 Å². The third-order valence-corrected chi connectivity index (χ3v) is 4.63. The van der Waals surface area contributed by atoms with Gasteiger partial charge in [0.15, 0.2) is 0 Å². The lowest BCUT2D eigenvalue weighted by molar-refractivity contribution is -0.00923. The number of benzene rings is 1. The molecule has 2 aromatic rings. The number of aromatic nitrogens is 2. The first kappa shape index (κ1) is 17.6. The van der Waals surface area contributed by atoms with Crippen LogP contribution in [0, 0.1) is 0 Å². The first-order valence-corrected chi connectivity index (χ1v) is 8.72. The molecule has 0 spiro atoms. The van der Waals surface area contributed by atoms with E-state index in [2.05, 4.69) is 29.2 Å². The van der Waals surface area contributed by atoms with E-state index in [0.29, 0.717) is 18.7 Å². The van der Waals surface area contributed by atoms with Crippen LogP contribution in [-0.2, 0) is 11.3 Å². The number of carbonyl (C=O) groups is 1. The second kappa shape index (κ2) is 7.80. The van der Waals surface area contributed by atoms with Crippen LogP contribution in [0.4, 0.5) is 0 Å². The summed E-state index contributed by atoms with van der Waals surface area (Å²) in [7, 11) is 0. The molecule has 6 nitrogen and oxygen atoms in total. The first-order valence-electron chi connectivity index (χ1n) is 8.72. The molecule has 3 rings (SSSR count). The van der Waals surface area contributed by atoms with Crippen molar-refractivity contribution in [2.75, 3.05) is 32.8 Å². The van der Waals surface area contributed by atoms with Crippen molar-refractivity contribution in [2.24, 2.45) is 0 Å². The summed E-state index contributed by atoms with van der Waals surface area (Å²) in [4.78, 5) is 14.8. The molecule has 0 radical (unpaired) electrons. The number of hydrogen-bond donors (Lipinski definition) is 1. The van der Waals surface area contributed by atoms with Crippen molar-refractivity contribution in [1.29, 1.82) is 0 Å². The highest BCUT2D eigenvalue weighted by molar-refractivity contribution is 5.93. The van der Waals surface area contributed by atoms with Crippen LogP contribution in [-0.4, -0.2) is 59.0 Å². The van der Waals surface area contributed by atoms with Gasteiger partial charge in [-0.05, 0) is 19.4 Å². The molecule has 1 aliphatic heterocycles. The Hall–Kier alpha value is -2.18. The average Bonchev–Trinajstić information content (AvgIpc) is 3.10. The summed E-state index contributed by atoms with van der Waals surface area (Å²) < 4.78 is 7.19. The van der Waals surface area contributed by atoms with Crippen LogP contribution in [0.1, 0.15) is 29.8 Å². The van der Waals surface area contributed by atoms with Crippen molar-refractivity contribution in [3.63, 3.8) is 0 Å². The van der Waals surface area contributed by atoms with Gasteiger partial charge in [0.2, 0.25) is 0 Å². The number of rotatable bonds is 6. The smallest absolute Gasteiger partial charge is 0.254 e. The molecule has 134 valence electrons. The molecule has 0 unspecified atom stereocenters. The number of nitrogens with zero attached hydrogens (tertiary/aromatic N) is 3. The van der Waals surface area contributed by atoms with E-state index in [1.54, 1.807) is 17.1 Å². The summed E-state index contributed by atoms with van der Waals surface area (Å²) in [5, 5.41) is 7.33. The standard InChI is InChI=1S/C19H26N4O2/c1-19(2,22-8-10-25-11-9-22)15-20-18(24)17-12-21-23(14-17)13-16-6-4-3-5-7-16/h3-7,12,14H,8-11,13,15H2,1-2H3,(H,20,24). The lowest BCUT2D eigenvalue weighted by Gasteiger charge is -2.40. The Bertz CT molecular complexity index is 690. The maximum atomic E-state index is 12.4. The number of nitrogens with one attached hydrogen (secondary N) is 1. The fourth-order valence-electron chi connectivity index (χ4n) is 3.02. The predicted octanol–water partition coefficient (Wildman–Crippen LogP) is 1.77. The van der Waals surface area contributed by atoms with Crippen molar-refractivity contribution in [1.82, 2.24) is 20.0 Å². The Morgan fingerprint density at radius 3 is 2.68 bits per heavy atom. The second-order valence-electron chi connectivity index (χ2n) is 7.01. The highest BCUT2D eigenvalue weighted by Gasteiger charge is 2.28. The Kier molecular flexibility index (Phi) is 5.50. The highest BCUT2D eigenvalue weighted by atomic mass is 16.5. The number of morpholine rings is 1. The molecular formula is C19H26N4O2. The van der Waals surface area contributed by atoms with Crippen LogP contribution in [0.5, 0.6) is 0 Å². The number of carbonyl (C=O) groups excluding carboxylic acids is 1. The maximum Gasteiger partial charge on any atom is 0.254 e. The van der Waals surface area contributed by atoms with E-state index in [1.807, 2.05) is 30.3 Å². The molecule has 0 bridgehead atoms. The van der Waals surface area contributed by atoms with Crippen LogP contribution in [0.2, 0.25) is 0 Å². The van der Waals surface area contributed by atoms with Crippen LogP contribution in [0.15, 0.2) is 42.7 Å². The van der Waals surface area contributed by atoms with E-state index >= 15 is 0 Å². The molecule has 1 aliphatic rings. The molecule has 6 heteroatoms. The highest BCUT2D eigenvalue weighted by Crippen LogP contribution is 2.15. The van der Waals surface area contributed by atoms with Crippen molar-refractivity contribution < 1.29 is 9.53 Å². The first-order chi connectivity index (χ1) is 12.0. The van der Waals surface area contributed by atoms with Crippen LogP contribution in [0.25, 0.3) is 0 Å². The lowest BCUT2D eigenvalue weighted by Crippen LogP contribution is -2.55. The fraction of sp³-hybridized carbons (Fsp3) is 0.474. The third-order valence-electron chi connectivity index (χ3n) is 4.63. The molecule has 1 aromatic carbocycles.